The molecule has 2 aromatic heterocycles. The van der Waals surface area contributed by atoms with E-state index in [2.05, 4.69) is 10.1 Å². The number of hydrogen-bond donors (Lipinski definition) is 1. The van der Waals surface area contributed by atoms with Gasteiger partial charge in [0.1, 0.15) is 12.0 Å². The molecule has 4 aromatic rings. The highest BCUT2D eigenvalue weighted by atomic mass is 16.5. The smallest absolute Gasteiger partial charge is 0.262 e. The lowest BCUT2D eigenvalue weighted by Crippen LogP contribution is -1.83. The molecule has 0 aliphatic heterocycles. The molecule has 0 atom stereocenters. The first kappa shape index (κ1) is 11.7. The third-order valence-electron chi connectivity index (χ3n) is 3.33. The van der Waals surface area contributed by atoms with Gasteiger partial charge >= 0.3 is 0 Å². The molecule has 5 heteroatoms. The second-order valence-corrected chi connectivity index (χ2v) is 4.62. The molecule has 0 saturated carbocycles. The molecule has 0 aliphatic carbocycles. The molecule has 2 aromatic carbocycles. The predicted octanol–water partition coefficient (Wildman–Crippen LogP) is 3.86. The third-order valence-corrected chi connectivity index (χ3v) is 3.33. The summed E-state index contributed by atoms with van der Waals surface area (Å²) < 4.78 is 10.3. The Hall–Kier alpha value is -3.08. The van der Waals surface area contributed by atoms with Crippen LogP contribution in [0.25, 0.3) is 33.6 Å². The van der Waals surface area contributed by atoms with E-state index >= 15 is 0 Å². The van der Waals surface area contributed by atoms with E-state index in [0.29, 0.717) is 11.4 Å². The van der Waals surface area contributed by atoms with E-state index in [0.717, 1.165) is 16.3 Å². The molecule has 0 unspecified atom stereocenters. The third kappa shape index (κ3) is 1.87. The van der Waals surface area contributed by atoms with Crippen molar-refractivity contribution in [2.75, 3.05) is 0 Å². The minimum atomic E-state index is 0.107. The SMILES string of the molecule is Oc1ccc2ccccc2c1-c1nc(-c2ccoc2)no1. The highest BCUT2D eigenvalue weighted by molar-refractivity contribution is 5.97. The number of aromatic nitrogens is 2. The molecular weight excluding hydrogens is 268 g/mol. The number of furan rings is 1. The van der Waals surface area contributed by atoms with Gasteiger partial charge in [-0.15, -0.1) is 0 Å². The van der Waals surface area contributed by atoms with Crippen LogP contribution in [0, 0.1) is 0 Å². The van der Waals surface area contributed by atoms with Crippen molar-refractivity contribution in [1.82, 2.24) is 10.1 Å². The molecule has 21 heavy (non-hydrogen) atoms. The van der Waals surface area contributed by atoms with Crippen molar-refractivity contribution in [2.24, 2.45) is 0 Å². The zero-order valence-electron chi connectivity index (χ0n) is 10.9. The second kappa shape index (κ2) is 4.49. The van der Waals surface area contributed by atoms with Crippen molar-refractivity contribution in [3.8, 4) is 28.6 Å². The van der Waals surface area contributed by atoms with Gasteiger partial charge in [-0.2, -0.15) is 4.98 Å². The number of phenols is 1. The standard InChI is InChI=1S/C16H10N2O3/c19-13-6-5-10-3-1-2-4-12(10)14(13)16-17-15(18-21-16)11-7-8-20-9-11/h1-9,19H. The van der Waals surface area contributed by atoms with E-state index in [9.17, 15) is 5.11 Å². The minimum Gasteiger partial charge on any atom is -0.507 e. The van der Waals surface area contributed by atoms with Crippen molar-refractivity contribution >= 4 is 10.8 Å². The summed E-state index contributed by atoms with van der Waals surface area (Å²) in [7, 11) is 0. The van der Waals surface area contributed by atoms with Crippen LogP contribution in [0.2, 0.25) is 0 Å². The van der Waals surface area contributed by atoms with E-state index in [4.69, 9.17) is 8.94 Å². The summed E-state index contributed by atoms with van der Waals surface area (Å²) in [4.78, 5) is 4.34. The summed E-state index contributed by atoms with van der Waals surface area (Å²) in [6.45, 7) is 0. The van der Waals surface area contributed by atoms with Crippen LogP contribution in [-0.4, -0.2) is 15.2 Å². The van der Waals surface area contributed by atoms with Crippen LogP contribution in [-0.2, 0) is 0 Å². The minimum absolute atomic E-state index is 0.107. The van der Waals surface area contributed by atoms with Gasteiger partial charge < -0.3 is 14.0 Å². The number of benzene rings is 2. The van der Waals surface area contributed by atoms with Crippen molar-refractivity contribution in [3.05, 3.63) is 55.0 Å². The summed E-state index contributed by atoms with van der Waals surface area (Å²) in [5, 5.41) is 15.9. The topological polar surface area (TPSA) is 72.3 Å². The Morgan fingerprint density at radius 1 is 1.00 bits per heavy atom. The summed E-state index contributed by atoms with van der Waals surface area (Å²) in [6, 6.07) is 12.9. The van der Waals surface area contributed by atoms with Crippen LogP contribution in [0.5, 0.6) is 5.75 Å². The molecule has 0 spiro atoms. The van der Waals surface area contributed by atoms with Crippen LogP contribution in [0.15, 0.2) is 63.9 Å². The van der Waals surface area contributed by atoms with Crippen molar-refractivity contribution < 1.29 is 14.0 Å². The van der Waals surface area contributed by atoms with Crippen LogP contribution < -0.4 is 0 Å². The van der Waals surface area contributed by atoms with Gasteiger partial charge in [0, 0.05) is 0 Å². The molecular formula is C16H10N2O3. The normalized spacial score (nSPS) is 11.0. The fourth-order valence-electron chi connectivity index (χ4n) is 2.32. The van der Waals surface area contributed by atoms with E-state index in [-0.39, 0.29) is 11.6 Å². The van der Waals surface area contributed by atoms with Gasteiger partial charge in [0.15, 0.2) is 0 Å². The van der Waals surface area contributed by atoms with Gasteiger partial charge in [-0.3, -0.25) is 0 Å². The number of rotatable bonds is 2. The molecule has 0 aliphatic rings. The maximum absolute atomic E-state index is 10.2. The Morgan fingerprint density at radius 2 is 1.90 bits per heavy atom. The molecule has 0 fully saturated rings. The van der Waals surface area contributed by atoms with Gasteiger partial charge in [-0.25, -0.2) is 0 Å². The number of nitrogens with zero attached hydrogens (tertiary/aromatic N) is 2. The Kier molecular flexibility index (Phi) is 2.50. The summed E-state index contributed by atoms with van der Waals surface area (Å²) in [6.07, 6.45) is 3.08. The molecule has 0 amide bonds. The van der Waals surface area contributed by atoms with Gasteiger partial charge in [0.2, 0.25) is 5.82 Å². The Morgan fingerprint density at radius 3 is 2.76 bits per heavy atom. The number of aromatic hydroxyl groups is 1. The first-order valence-electron chi connectivity index (χ1n) is 6.40. The van der Waals surface area contributed by atoms with Crippen LogP contribution in [0.3, 0.4) is 0 Å². The molecule has 1 N–H and O–H groups in total. The van der Waals surface area contributed by atoms with E-state index in [1.54, 1.807) is 18.4 Å². The first-order chi connectivity index (χ1) is 10.3. The molecule has 102 valence electrons. The second-order valence-electron chi connectivity index (χ2n) is 4.62. The molecule has 0 bridgehead atoms. The van der Waals surface area contributed by atoms with Gasteiger partial charge in [0.25, 0.3) is 5.89 Å². The highest BCUT2D eigenvalue weighted by Crippen LogP contribution is 2.36. The maximum Gasteiger partial charge on any atom is 0.262 e. The van der Waals surface area contributed by atoms with E-state index < -0.39 is 0 Å². The summed E-state index contributed by atoms with van der Waals surface area (Å²) >= 11 is 0. The maximum atomic E-state index is 10.2. The van der Waals surface area contributed by atoms with Gasteiger partial charge in [0.05, 0.1) is 17.4 Å². The zero-order valence-corrected chi connectivity index (χ0v) is 10.9. The van der Waals surface area contributed by atoms with Crippen molar-refractivity contribution in [3.63, 3.8) is 0 Å². The molecule has 2 heterocycles. The summed E-state index contributed by atoms with van der Waals surface area (Å²) in [5.41, 5.74) is 1.26. The molecule has 4 rings (SSSR count). The quantitative estimate of drug-likeness (QED) is 0.602. The van der Waals surface area contributed by atoms with E-state index in [1.807, 2.05) is 30.3 Å². The molecule has 5 nitrogen and oxygen atoms in total. The average Bonchev–Trinajstić information content (AvgIpc) is 3.18. The molecule has 0 saturated heterocycles. The van der Waals surface area contributed by atoms with E-state index in [1.165, 1.54) is 6.26 Å². The molecule has 0 radical (unpaired) electrons. The number of hydrogen-bond acceptors (Lipinski definition) is 5. The Bertz CT molecular complexity index is 910. The number of phenolic OH excluding ortho intramolecular Hbond substituents is 1. The van der Waals surface area contributed by atoms with Gasteiger partial charge in [-0.05, 0) is 22.9 Å². The highest BCUT2D eigenvalue weighted by Gasteiger charge is 2.17. The lowest BCUT2D eigenvalue weighted by atomic mass is 10.0. The van der Waals surface area contributed by atoms with Gasteiger partial charge in [-0.1, -0.05) is 35.5 Å². The Balaban J connectivity index is 1.93. The fourth-order valence-corrected chi connectivity index (χ4v) is 2.32. The Labute approximate surface area is 119 Å². The van der Waals surface area contributed by atoms with Crippen LogP contribution in [0.4, 0.5) is 0 Å². The summed E-state index contributed by atoms with van der Waals surface area (Å²) in [5.74, 6) is 0.808. The van der Waals surface area contributed by atoms with Crippen molar-refractivity contribution in [2.45, 2.75) is 0 Å². The monoisotopic (exact) mass is 278 g/mol. The first-order valence-corrected chi connectivity index (χ1v) is 6.40. The average molecular weight is 278 g/mol. The van der Waals surface area contributed by atoms with Crippen LogP contribution in [0.1, 0.15) is 0 Å². The largest absolute Gasteiger partial charge is 0.507 e. The number of fused-ring (bicyclic) bond motifs is 1. The lowest BCUT2D eigenvalue weighted by Gasteiger charge is -2.04. The lowest BCUT2D eigenvalue weighted by molar-refractivity contribution is 0.426. The fraction of sp³-hybridized carbons (Fsp3) is 0. The van der Waals surface area contributed by atoms with Crippen LogP contribution >= 0.6 is 0 Å². The predicted molar refractivity (Wildman–Crippen MR) is 76.6 cm³/mol. The van der Waals surface area contributed by atoms with Crippen molar-refractivity contribution in [1.29, 1.82) is 0 Å². The zero-order chi connectivity index (χ0) is 14.2.